The van der Waals surface area contributed by atoms with Crippen LogP contribution >= 0.6 is 9.19 Å². The molecule has 260 valence electrons. The monoisotopic (exact) mass is 769 g/mol. The average Bonchev–Trinajstić information content (AvgIpc) is 3.62. The molecule has 3 heterocycles. The molecule has 0 unspecified atom stereocenters. The third-order valence-electron chi connectivity index (χ3n) is 9.83. The fourth-order valence-corrected chi connectivity index (χ4v) is 7.12. The Bertz CT molecular complexity index is 1650. The first-order chi connectivity index (χ1) is 24.2. The topological polar surface area (TPSA) is 43.4 Å². The van der Waals surface area contributed by atoms with Crippen LogP contribution in [0.4, 0.5) is 11.4 Å². The molecule has 0 radical (unpaired) electrons. The second kappa shape index (κ2) is 16.7. The van der Waals surface area contributed by atoms with Crippen LogP contribution in [0.15, 0.2) is 85.2 Å². The first kappa shape index (κ1) is 34.2. The number of rotatable bonds is 0. The maximum atomic E-state index is 6.29. The summed E-state index contributed by atoms with van der Waals surface area (Å²) in [6.07, 6.45) is 12.0. The van der Waals surface area contributed by atoms with Crippen molar-refractivity contribution in [2.45, 2.75) is 51.4 Å². The third-order valence-corrected chi connectivity index (χ3v) is 9.83. The van der Waals surface area contributed by atoms with Crippen LogP contribution in [0.5, 0.6) is 11.5 Å². The summed E-state index contributed by atoms with van der Waals surface area (Å²) in [6.45, 7) is 5.45. The van der Waals surface area contributed by atoms with Crippen molar-refractivity contribution in [3.63, 3.8) is 0 Å². The first-order valence-electron chi connectivity index (χ1n) is 17.3. The van der Waals surface area contributed by atoms with Gasteiger partial charge in [-0.05, 0) is 133 Å². The summed E-state index contributed by atoms with van der Waals surface area (Å²) in [6, 6.07) is 27.6. The molecule has 0 atom stereocenters. The summed E-state index contributed by atoms with van der Waals surface area (Å²) in [5.74, 6) is 1.97. The molecule has 8 aliphatic carbocycles. The zero-order valence-electron chi connectivity index (χ0n) is 27.8. The third kappa shape index (κ3) is 8.40. The van der Waals surface area contributed by atoms with Crippen LogP contribution in [-0.2, 0) is 80.8 Å². The molecule has 6 nitrogen and oxygen atoms in total. The molecule has 4 aromatic rings. The number of halogens is 1. The van der Waals surface area contributed by atoms with Crippen molar-refractivity contribution < 1.29 is 38.9 Å². The van der Waals surface area contributed by atoms with Gasteiger partial charge in [-0.3, -0.25) is 0 Å². The van der Waals surface area contributed by atoms with E-state index in [1.54, 1.807) is 0 Å². The maximum absolute atomic E-state index is 6.29. The Kier molecular flexibility index (Phi) is 11.6. The van der Waals surface area contributed by atoms with Crippen molar-refractivity contribution in [3.05, 3.63) is 136 Å². The van der Waals surface area contributed by atoms with Gasteiger partial charge in [-0.15, -0.1) is 6.67 Å². The number of hydrogen-bond acceptors (Lipinski definition) is 6. The van der Waals surface area contributed by atoms with Gasteiger partial charge in [0.1, 0.15) is 24.7 Å². The normalized spacial score (nSPS) is 17.6. The van der Waals surface area contributed by atoms with Gasteiger partial charge >= 0.3 is 29.2 Å². The van der Waals surface area contributed by atoms with E-state index in [-0.39, 0.29) is 0 Å². The summed E-state index contributed by atoms with van der Waals surface area (Å²) in [5, 5.41) is 0. The summed E-state index contributed by atoms with van der Waals surface area (Å²) in [7, 11) is 4.45. The second-order valence-electron chi connectivity index (χ2n) is 13.0. The number of ether oxygens (including phenoxy) is 4. The zero-order valence-corrected chi connectivity index (χ0v) is 30.0. The van der Waals surface area contributed by atoms with Crippen molar-refractivity contribution in [1.29, 1.82) is 0 Å². The van der Waals surface area contributed by atoms with Crippen molar-refractivity contribution in [2.75, 3.05) is 49.4 Å². The Hall–Kier alpha value is -3.23. The van der Waals surface area contributed by atoms with Crippen molar-refractivity contribution in [1.82, 2.24) is 0 Å². The Morgan fingerprint density at radius 3 is 1.27 bits per heavy atom. The summed E-state index contributed by atoms with van der Waals surface area (Å²) < 4.78 is 24.3. The van der Waals surface area contributed by atoms with E-state index in [9.17, 15) is 0 Å². The van der Waals surface area contributed by atoms with E-state index in [0.29, 0.717) is 39.6 Å². The molecule has 14 bridgehead atoms. The Labute approximate surface area is 306 Å². The van der Waals surface area contributed by atoms with E-state index in [2.05, 4.69) is 131 Å². The molecule has 0 fully saturated rings. The standard InChI is InChI=1S/C41H43N2O4.Ag.ClH/c1-9-34-11-3-32-7-15-36-13-5-30(1)25-38(34)42-17-18-43(29-42)39-26-31-2-10-35(39)12-4-33-8-16-37(14-6-31)41(28-33)47-24-22-45-20-19-44-21-23-46-40(36)27-32;;/h1-2,7-10,15-18,25-29H,3-6,11-14,19-24H2;;1H/q-1;+1;/p-1. The summed E-state index contributed by atoms with van der Waals surface area (Å²) in [5.41, 5.74) is 13.0. The van der Waals surface area contributed by atoms with Crippen molar-refractivity contribution in [2.24, 2.45) is 0 Å². The van der Waals surface area contributed by atoms with Crippen LogP contribution in [0.1, 0.15) is 44.5 Å². The van der Waals surface area contributed by atoms with E-state index in [0.717, 1.165) is 62.9 Å². The number of benzene rings is 4. The molecule has 0 saturated carbocycles. The summed E-state index contributed by atoms with van der Waals surface area (Å²) >= 11 is 2.42. The van der Waals surface area contributed by atoms with Gasteiger partial charge in [-0.25, -0.2) is 0 Å². The number of nitrogens with zero attached hydrogens (tertiary/aromatic N) is 2. The molecule has 4 aromatic carbocycles. The fraction of sp³-hybridized carbons (Fsp3) is 0.341. The molecule has 0 aromatic heterocycles. The number of aryl methyl sites for hydroxylation is 8. The van der Waals surface area contributed by atoms with Crippen molar-refractivity contribution in [3.8, 4) is 11.5 Å². The van der Waals surface area contributed by atoms with Gasteiger partial charge in [0.15, 0.2) is 0 Å². The quantitative estimate of drug-likeness (QED) is 0.103. The first-order valence-corrected chi connectivity index (χ1v) is 19.3. The van der Waals surface area contributed by atoms with Gasteiger partial charge in [0.2, 0.25) is 0 Å². The second-order valence-corrected chi connectivity index (χ2v) is 13.0. The van der Waals surface area contributed by atoms with E-state index in [1.165, 1.54) is 55.9 Å². The molecule has 0 N–H and O–H groups in total. The Balaban J connectivity index is 0.00000186. The van der Waals surface area contributed by atoms with Crippen LogP contribution < -0.4 is 19.3 Å². The summed E-state index contributed by atoms with van der Waals surface area (Å²) in [4.78, 5) is 4.64. The molecule has 0 saturated heterocycles. The molecule has 3 aliphatic heterocycles. The average molecular weight is 771 g/mol. The molecule has 0 amide bonds. The van der Waals surface area contributed by atoms with Gasteiger partial charge in [0.25, 0.3) is 0 Å². The molecule has 8 heteroatoms. The van der Waals surface area contributed by atoms with Crippen LogP contribution in [-0.4, -0.2) is 39.6 Å². The fourth-order valence-electron chi connectivity index (χ4n) is 7.12. The Morgan fingerprint density at radius 2 is 0.816 bits per heavy atom. The van der Waals surface area contributed by atoms with Crippen LogP contribution in [0.3, 0.4) is 0 Å². The molecular weight excluding hydrogens is 728 g/mol. The molecule has 15 rings (SSSR count). The van der Waals surface area contributed by atoms with Gasteiger partial charge in [0.05, 0.1) is 26.4 Å². The van der Waals surface area contributed by atoms with Gasteiger partial charge < -0.3 is 28.7 Å². The predicted molar refractivity (Wildman–Crippen MR) is 192 cm³/mol. The van der Waals surface area contributed by atoms with E-state index in [1.807, 2.05) is 0 Å². The van der Waals surface area contributed by atoms with E-state index in [4.69, 9.17) is 18.9 Å². The molecule has 11 aliphatic rings. The van der Waals surface area contributed by atoms with Gasteiger partial charge in [0, 0.05) is 11.4 Å². The van der Waals surface area contributed by atoms with Crippen LogP contribution in [0.2, 0.25) is 0 Å². The van der Waals surface area contributed by atoms with Crippen LogP contribution in [0, 0.1) is 6.67 Å². The zero-order chi connectivity index (χ0) is 33.4. The Morgan fingerprint density at radius 1 is 0.449 bits per heavy atom. The minimum atomic E-state index is 0.522. The van der Waals surface area contributed by atoms with Crippen molar-refractivity contribution >= 4 is 20.6 Å². The van der Waals surface area contributed by atoms with Gasteiger partial charge in [-0.1, -0.05) is 48.5 Å². The van der Waals surface area contributed by atoms with E-state index < -0.39 is 0 Å². The minimum absolute atomic E-state index is 0.522. The van der Waals surface area contributed by atoms with Crippen LogP contribution in [0.25, 0.3) is 0 Å². The number of fused-ring (bicyclic) bond motifs is 9. The number of hydrogen-bond donors (Lipinski definition) is 0. The molecule has 49 heavy (non-hydrogen) atoms. The van der Waals surface area contributed by atoms with E-state index >= 15 is 0 Å². The SMILES string of the molecule is C1=CN2[CH-]N1c1cc3ccc1CCc1ccc(c(c1)OCCOCCOCCOc1cc4ccc1CCc1ccc(c2c1)CC4)CC3.[Cl][Ag]. The predicted octanol–water partition coefficient (Wildman–Crippen LogP) is 7.86. The van der Waals surface area contributed by atoms with Gasteiger partial charge in [-0.2, -0.15) is 0 Å². The molecule has 0 spiro atoms. The molecular formula is C41H43AgClN2O4-. The number of anilines is 2.